The monoisotopic (exact) mass is 297 g/mol. The fourth-order valence-electron chi connectivity index (χ4n) is 2.14. The van der Waals surface area contributed by atoms with Crippen LogP contribution in [0.2, 0.25) is 0 Å². The number of benzene rings is 1. The number of amides is 1. The van der Waals surface area contributed by atoms with Crippen molar-refractivity contribution in [2.75, 3.05) is 5.32 Å². The van der Waals surface area contributed by atoms with Crippen molar-refractivity contribution in [2.24, 2.45) is 0 Å². The number of rotatable bonds is 4. The molecule has 1 heterocycles. The standard InChI is InChI=1S/C18H23N3O/c1-11(2)14-6-8-15(9-7-14)21-18(22)16-10-19-17(12(3)4)20-13(16)5/h6-12H,1-5H3,(H,21,22). The average molecular weight is 297 g/mol. The van der Waals surface area contributed by atoms with Gasteiger partial charge >= 0.3 is 0 Å². The van der Waals surface area contributed by atoms with Crippen LogP contribution in [0.25, 0.3) is 0 Å². The predicted octanol–water partition coefficient (Wildman–Crippen LogP) is 4.28. The molecule has 0 aliphatic rings. The van der Waals surface area contributed by atoms with Crippen molar-refractivity contribution >= 4 is 11.6 Å². The second-order valence-electron chi connectivity index (χ2n) is 6.11. The zero-order chi connectivity index (χ0) is 16.3. The normalized spacial score (nSPS) is 11.0. The Morgan fingerprint density at radius 1 is 1.05 bits per heavy atom. The minimum atomic E-state index is -0.176. The van der Waals surface area contributed by atoms with E-state index < -0.39 is 0 Å². The van der Waals surface area contributed by atoms with Crippen molar-refractivity contribution < 1.29 is 4.79 Å². The van der Waals surface area contributed by atoms with E-state index in [9.17, 15) is 4.79 Å². The Kier molecular flexibility index (Phi) is 4.91. The van der Waals surface area contributed by atoms with Gasteiger partial charge in [0.05, 0.1) is 11.3 Å². The number of carbonyl (C=O) groups excluding carboxylic acids is 1. The van der Waals surface area contributed by atoms with Crippen LogP contribution in [0.1, 0.15) is 67.0 Å². The zero-order valence-electron chi connectivity index (χ0n) is 13.8. The number of nitrogens with one attached hydrogen (secondary N) is 1. The van der Waals surface area contributed by atoms with Crippen LogP contribution in [-0.4, -0.2) is 15.9 Å². The largest absolute Gasteiger partial charge is 0.322 e. The Morgan fingerprint density at radius 2 is 1.68 bits per heavy atom. The SMILES string of the molecule is Cc1nc(C(C)C)ncc1C(=O)Nc1ccc(C(C)C)cc1. The maximum atomic E-state index is 12.3. The van der Waals surface area contributed by atoms with Gasteiger partial charge in [-0.2, -0.15) is 0 Å². The fourth-order valence-corrected chi connectivity index (χ4v) is 2.14. The molecule has 0 aliphatic heterocycles. The number of anilines is 1. The topological polar surface area (TPSA) is 54.9 Å². The van der Waals surface area contributed by atoms with E-state index in [4.69, 9.17) is 0 Å². The first-order chi connectivity index (χ1) is 10.4. The summed E-state index contributed by atoms with van der Waals surface area (Å²) in [5, 5.41) is 2.89. The summed E-state index contributed by atoms with van der Waals surface area (Å²) >= 11 is 0. The van der Waals surface area contributed by atoms with Crippen molar-refractivity contribution in [3.63, 3.8) is 0 Å². The van der Waals surface area contributed by atoms with Crippen LogP contribution < -0.4 is 5.32 Å². The maximum absolute atomic E-state index is 12.3. The third-order valence-electron chi connectivity index (χ3n) is 3.59. The number of hydrogen-bond donors (Lipinski definition) is 1. The van der Waals surface area contributed by atoms with Gasteiger partial charge in [0.1, 0.15) is 5.82 Å². The van der Waals surface area contributed by atoms with Gasteiger partial charge in [0, 0.05) is 17.8 Å². The van der Waals surface area contributed by atoms with Gasteiger partial charge in [-0.1, -0.05) is 39.8 Å². The first-order valence-corrected chi connectivity index (χ1v) is 7.63. The lowest BCUT2D eigenvalue weighted by Gasteiger charge is -2.11. The van der Waals surface area contributed by atoms with Gasteiger partial charge in [0.25, 0.3) is 5.91 Å². The molecule has 1 N–H and O–H groups in total. The molecule has 0 spiro atoms. The van der Waals surface area contributed by atoms with Crippen molar-refractivity contribution in [3.05, 3.63) is 53.1 Å². The highest BCUT2D eigenvalue weighted by molar-refractivity contribution is 6.04. The summed E-state index contributed by atoms with van der Waals surface area (Å²) in [7, 11) is 0. The molecule has 22 heavy (non-hydrogen) atoms. The molecule has 1 aromatic carbocycles. The molecule has 1 aromatic heterocycles. The fraction of sp³-hybridized carbons (Fsp3) is 0.389. The lowest BCUT2D eigenvalue weighted by Crippen LogP contribution is -2.15. The molecule has 4 heteroatoms. The lowest BCUT2D eigenvalue weighted by molar-refractivity contribution is 0.102. The van der Waals surface area contributed by atoms with Gasteiger partial charge in [0.15, 0.2) is 0 Å². The minimum Gasteiger partial charge on any atom is -0.322 e. The van der Waals surface area contributed by atoms with Gasteiger partial charge in [-0.3, -0.25) is 4.79 Å². The smallest absolute Gasteiger partial charge is 0.259 e. The summed E-state index contributed by atoms with van der Waals surface area (Å²) in [5.41, 5.74) is 3.24. The van der Waals surface area contributed by atoms with E-state index in [1.807, 2.05) is 45.0 Å². The van der Waals surface area contributed by atoms with Gasteiger partial charge in [-0.05, 0) is 30.5 Å². The van der Waals surface area contributed by atoms with Gasteiger partial charge < -0.3 is 5.32 Å². The molecule has 0 atom stereocenters. The van der Waals surface area contributed by atoms with Gasteiger partial charge in [-0.25, -0.2) is 9.97 Å². The van der Waals surface area contributed by atoms with Crippen LogP contribution in [0, 0.1) is 6.92 Å². The Hall–Kier alpha value is -2.23. The Morgan fingerprint density at radius 3 is 2.18 bits per heavy atom. The Bertz CT molecular complexity index is 661. The highest BCUT2D eigenvalue weighted by Crippen LogP contribution is 2.18. The molecule has 0 fully saturated rings. The molecule has 0 unspecified atom stereocenters. The summed E-state index contributed by atoms with van der Waals surface area (Å²) in [5.74, 6) is 1.31. The van der Waals surface area contributed by atoms with E-state index in [0.717, 1.165) is 11.5 Å². The van der Waals surface area contributed by atoms with Crippen LogP contribution in [-0.2, 0) is 0 Å². The van der Waals surface area contributed by atoms with Crippen LogP contribution in [0.3, 0.4) is 0 Å². The molecular weight excluding hydrogens is 274 g/mol. The van der Waals surface area contributed by atoms with Crippen LogP contribution >= 0.6 is 0 Å². The van der Waals surface area contributed by atoms with Crippen LogP contribution in [0.4, 0.5) is 5.69 Å². The molecule has 4 nitrogen and oxygen atoms in total. The van der Waals surface area contributed by atoms with Crippen molar-refractivity contribution in [2.45, 2.75) is 46.5 Å². The summed E-state index contributed by atoms with van der Waals surface area (Å²) in [6, 6.07) is 7.91. The van der Waals surface area contributed by atoms with E-state index in [1.54, 1.807) is 6.20 Å². The summed E-state index contributed by atoms with van der Waals surface area (Å²) in [6.45, 7) is 10.2. The predicted molar refractivity (Wildman–Crippen MR) is 89.3 cm³/mol. The zero-order valence-corrected chi connectivity index (χ0v) is 13.8. The van der Waals surface area contributed by atoms with Crippen molar-refractivity contribution in [3.8, 4) is 0 Å². The molecule has 1 amide bonds. The number of carbonyl (C=O) groups is 1. The number of nitrogens with zero attached hydrogens (tertiary/aromatic N) is 2. The molecule has 0 saturated carbocycles. The second-order valence-corrected chi connectivity index (χ2v) is 6.11. The molecule has 2 aromatic rings. The first kappa shape index (κ1) is 16.1. The van der Waals surface area contributed by atoms with Crippen LogP contribution in [0.15, 0.2) is 30.5 Å². The maximum Gasteiger partial charge on any atom is 0.259 e. The number of hydrogen-bond acceptors (Lipinski definition) is 3. The summed E-state index contributed by atoms with van der Waals surface area (Å²) < 4.78 is 0. The molecule has 2 rings (SSSR count). The number of aryl methyl sites for hydroxylation is 1. The Balaban J connectivity index is 2.15. The number of aromatic nitrogens is 2. The molecule has 0 radical (unpaired) electrons. The molecular formula is C18H23N3O. The van der Waals surface area contributed by atoms with Crippen molar-refractivity contribution in [1.29, 1.82) is 0 Å². The Labute approximate surface area is 132 Å². The third-order valence-corrected chi connectivity index (χ3v) is 3.59. The molecule has 0 aliphatic carbocycles. The van der Waals surface area contributed by atoms with Gasteiger partial charge in [0.2, 0.25) is 0 Å². The van der Waals surface area contributed by atoms with Crippen molar-refractivity contribution in [1.82, 2.24) is 9.97 Å². The first-order valence-electron chi connectivity index (χ1n) is 7.63. The second kappa shape index (κ2) is 6.69. The third kappa shape index (κ3) is 3.70. The summed E-state index contributed by atoms with van der Waals surface area (Å²) in [6.07, 6.45) is 1.61. The molecule has 0 bridgehead atoms. The van der Waals surface area contributed by atoms with Gasteiger partial charge in [-0.15, -0.1) is 0 Å². The highest BCUT2D eigenvalue weighted by Gasteiger charge is 2.13. The van der Waals surface area contributed by atoms with E-state index in [-0.39, 0.29) is 11.8 Å². The average Bonchev–Trinajstić information content (AvgIpc) is 2.47. The van der Waals surface area contributed by atoms with Crippen LogP contribution in [0.5, 0.6) is 0 Å². The van der Waals surface area contributed by atoms with E-state index in [2.05, 4.69) is 29.1 Å². The molecule has 116 valence electrons. The van der Waals surface area contributed by atoms with E-state index in [0.29, 0.717) is 17.2 Å². The summed E-state index contributed by atoms with van der Waals surface area (Å²) in [4.78, 5) is 21.0. The van der Waals surface area contributed by atoms with E-state index >= 15 is 0 Å². The highest BCUT2D eigenvalue weighted by atomic mass is 16.1. The lowest BCUT2D eigenvalue weighted by atomic mass is 10.0. The minimum absolute atomic E-state index is 0.176. The molecule has 0 saturated heterocycles. The quantitative estimate of drug-likeness (QED) is 0.916. The van der Waals surface area contributed by atoms with E-state index in [1.165, 1.54) is 5.56 Å².